The molecule has 0 aliphatic rings. The van der Waals surface area contributed by atoms with Crippen molar-refractivity contribution in [3.8, 4) is 0 Å². The van der Waals surface area contributed by atoms with E-state index in [0.717, 1.165) is 18.8 Å². The van der Waals surface area contributed by atoms with Gasteiger partial charge in [0.1, 0.15) is 6.61 Å². The van der Waals surface area contributed by atoms with Crippen LogP contribution in [-0.2, 0) is 22.7 Å². The summed E-state index contributed by atoms with van der Waals surface area (Å²) in [6.45, 7) is 7.14. The van der Waals surface area contributed by atoms with Crippen molar-refractivity contribution in [3.05, 3.63) is 5.82 Å². The maximum atomic E-state index is 10.6. The lowest BCUT2D eigenvalue weighted by Gasteiger charge is -2.10. The van der Waals surface area contributed by atoms with Crippen molar-refractivity contribution < 1.29 is 14.6 Å². The molecule has 0 aliphatic heterocycles. The van der Waals surface area contributed by atoms with Crippen LogP contribution >= 0.6 is 11.8 Å². The minimum Gasteiger partial charge on any atom is -0.481 e. The first kappa shape index (κ1) is 15.0. The van der Waals surface area contributed by atoms with Gasteiger partial charge in [0.15, 0.2) is 11.0 Å². The van der Waals surface area contributed by atoms with E-state index in [2.05, 4.69) is 17.1 Å². The molecule has 0 bridgehead atoms. The second-order valence-corrected chi connectivity index (χ2v) is 5.04. The van der Waals surface area contributed by atoms with Crippen LogP contribution in [0.1, 0.15) is 33.0 Å². The molecule has 0 saturated carbocycles. The topological polar surface area (TPSA) is 77.2 Å². The molecule has 18 heavy (non-hydrogen) atoms. The fourth-order valence-electron chi connectivity index (χ4n) is 1.35. The zero-order valence-electron chi connectivity index (χ0n) is 10.9. The first-order valence-corrected chi connectivity index (χ1v) is 6.91. The van der Waals surface area contributed by atoms with E-state index in [4.69, 9.17) is 9.84 Å². The molecule has 0 saturated heterocycles. The Morgan fingerprint density at radius 2 is 2.22 bits per heavy atom. The Bertz CT molecular complexity index is 393. The van der Waals surface area contributed by atoms with Gasteiger partial charge in [0.2, 0.25) is 0 Å². The first-order chi connectivity index (χ1) is 8.54. The van der Waals surface area contributed by atoms with Gasteiger partial charge in [0, 0.05) is 6.54 Å². The molecule has 0 amide bonds. The van der Waals surface area contributed by atoms with Crippen LogP contribution in [0.2, 0.25) is 0 Å². The van der Waals surface area contributed by atoms with E-state index in [1.807, 2.05) is 18.4 Å². The highest BCUT2D eigenvalue weighted by Crippen LogP contribution is 2.18. The molecule has 0 fully saturated rings. The summed E-state index contributed by atoms with van der Waals surface area (Å²) in [5.74, 6) is -0.114. The third-order valence-electron chi connectivity index (χ3n) is 2.11. The second-order valence-electron chi connectivity index (χ2n) is 4.09. The van der Waals surface area contributed by atoms with Crippen LogP contribution in [0.4, 0.5) is 0 Å². The summed E-state index contributed by atoms with van der Waals surface area (Å²) < 4.78 is 7.43. The Balaban J connectivity index is 2.74. The normalized spacial score (nSPS) is 11.1. The molecule has 0 aliphatic carbocycles. The number of ether oxygens (including phenoxy) is 1. The van der Waals surface area contributed by atoms with Gasteiger partial charge in [-0.25, -0.2) is 0 Å². The monoisotopic (exact) mass is 273 g/mol. The number of hydrogen-bond donors (Lipinski definition) is 1. The number of carboxylic acids is 1. The molecular weight excluding hydrogens is 254 g/mol. The van der Waals surface area contributed by atoms with Crippen molar-refractivity contribution in [2.45, 2.75) is 51.6 Å². The van der Waals surface area contributed by atoms with E-state index < -0.39 is 5.97 Å². The maximum absolute atomic E-state index is 10.6. The van der Waals surface area contributed by atoms with Crippen LogP contribution in [0.15, 0.2) is 5.16 Å². The Morgan fingerprint density at radius 3 is 2.78 bits per heavy atom. The van der Waals surface area contributed by atoms with Gasteiger partial charge in [0.25, 0.3) is 0 Å². The van der Waals surface area contributed by atoms with Crippen molar-refractivity contribution in [2.75, 3.05) is 5.75 Å². The van der Waals surface area contributed by atoms with Gasteiger partial charge in [-0.15, -0.1) is 10.2 Å². The summed E-state index contributed by atoms with van der Waals surface area (Å²) in [5, 5.41) is 17.4. The zero-order valence-corrected chi connectivity index (χ0v) is 11.7. The summed E-state index contributed by atoms with van der Waals surface area (Å²) in [6.07, 6.45) is 1.07. The summed E-state index contributed by atoms with van der Waals surface area (Å²) >= 11 is 1.18. The van der Waals surface area contributed by atoms with E-state index >= 15 is 0 Å². The minimum atomic E-state index is -0.856. The van der Waals surface area contributed by atoms with Crippen LogP contribution in [0.5, 0.6) is 0 Å². The van der Waals surface area contributed by atoms with Crippen molar-refractivity contribution in [3.63, 3.8) is 0 Å². The lowest BCUT2D eigenvalue weighted by atomic mass is 10.4. The summed E-state index contributed by atoms with van der Waals surface area (Å²) in [7, 11) is 0. The van der Waals surface area contributed by atoms with Gasteiger partial charge in [-0.05, 0) is 20.3 Å². The van der Waals surface area contributed by atoms with E-state index in [1.165, 1.54) is 11.8 Å². The number of hydrogen-bond acceptors (Lipinski definition) is 5. The first-order valence-electron chi connectivity index (χ1n) is 5.92. The highest BCUT2D eigenvalue weighted by Gasteiger charge is 2.13. The number of nitrogens with zero attached hydrogens (tertiary/aromatic N) is 3. The highest BCUT2D eigenvalue weighted by molar-refractivity contribution is 7.99. The minimum absolute atomic E-state index is 0.00706. The fourth-order valence-corrected chi connectivity index (χ4v) is 2.05. The predicted octanol–water partition coefficient (Wildman–Crippen LogP) is 1.79. The summed E-state index contributed by atoms with van der Waals surface area (Å²) in [6, 6.07) is 0. The molecule has 0 unspecified atom stereocenters. The number of aliphatic carboxylic acids is 1. The van der Waals surface area contributed by atoms with Crippen LogP contribution in [0.25, 0.3) is 0 Å². The number of carboxylic acid groups (broad SMARTS) is 1. The second kappa shape index (κ2) is 7.38. The lowest BCUT2D eigenvalue weighted by Crippen LogP contribution is -2.10. The van der Waals surface area contributed by atoms with Crippen LogP contribution in [0.3, 0.4) is 0 Å². The molecule has 1 aromatic heterocycles. The number of carbonyl (C=O) groups is 1. The number of thioether (sulfide) groups is 1. The van der Waals surface area contributed by atoms with Crippen molar-refractivity contribution in [1.29, 1.82) is 0 Å². The Morgan fingerprint density at radius 1 is 1.50 bits per heavy atom. The van der Waals surface area contributed by atoms with Crippen molar-refractivity contribution in [2.24, 2.45) is 0 Å². The van der Waals surface area contributed by atoms with Gasteiger partial charge >= 0.3 is 5.97 Å². The van der Waals surface area contributed by atoms with Gasteiger partial charge in [-0.2, -0.15) is 0 Å². The predicted molar refractivity (Wildman–Crippen MR) is 68.6 cm³/mol. The average molecular weight is 273 g/mol. The molecule has 1 heterocycles. The summed E-state index contributed by atoms with van der Waals surface area (Å²) in [5.41, 5.74) is 0. The maximum Gasteiger partial charge on any atom is 0.313 e. The van der Waals surface area contributed by atoms with E-state index in [9.17, 15) is 4.79 Å². The van der Waals surface area contributed by atoms with Gasteiger partial charge in [-0.1, -0.05) is 18.7 Å². The van der Waals surface area contributed by atoms with Crippen LogP contribution in [0, 0.1) is 0 Å². The average Bonchev–Trinajstić information content (AvgIpc) is 2.67. The Hall–Kier alpha value is -1.08. The standard InChI is InChI=1S/C11H19N3O3S/c1-4-5-14-9(6-17-8(2)3)12-13-11(14)18-7-10(15)16/h8H,4-7H2,1-3H3,(H,15,16). The Kier molecular flexibility index (Phi) is 6.14. The van der Waals surface area contributed by atoms with Crippen molar-refractivity contribution in [1.82, 2.24) is 14.8 Å². The molecule has 1 N–H and O–H groups in total. The largest absolute Gasteiger partial charge is 0.481 e. The van der Waals surface area contributed by atoms with Gasteiger partial charge in [0.05, 0.1) is 11.9 Å². The summed E-state index contributed by atoms with van der Waals surface area (Å²) in [4.78, 5) is 10.6. The molecule has 0 radical (unpaired) electrons. The molecule has 0 aromatic carbocycles. The van der Waals surface area contributed by atoms with Gasteiger partial charge < -0.3 is 14.4 Å². The number of rotatable bonds is 8. The molecule has 102 valence electrons. The molecule has 0 spiro atoms. The van der Waals surface area contributed by atoms with E-state index in [1.54, 1.807) is 0 Å². The molecule has 7 heteroatoms. The number of aromatic nitrogens is 3. The smallest absolute Gasteiger partial charge is 0.313 e. The van der Waals surface area contributed by atoms with Crippen LogP contribution < -0.4 is 0 Å². The molecule has 1 rings (SSSR count). The Labute approximate surface area is 111 Å². The lowest BCUT2D eigenvalue weighted by molar-refractivity contribution is -0.133. The molecule has 0 atom stereocenters. The molecule has 1 aromatic rings. The van der Waals surface area contributed by atoms with Crippen molar-refractivity contribution >= 4 is 17.7 Å². The zero-order chi connectivity index (χ0) is 13.5. The third-order valence-corrected chi connectivity index (χ3v) is 3.06. The third kappa shape index (κ3) is 4.66. The SMILES string of the molecule is CCCn1c(COC(C)C)nnc1SCC(=O)O. The molecular formula is C11H19N3O3S. The molecule has 6 nitrogen and oxygen atoms in total. The van der Waals surface area contributed by atoms with E-state index in [0.29, 0.717) is 11.8 Å². The van der Waals surface area contributed by atoms with E-state index in [-0.39, 0.29) is 11.9 Å². The van der Waals surface area contributed by atoms with Crippen LogP contribution in [-0.4, -0.2) is 37.7 Å². The highest BCUT2D eigenvalue weighted by atomic mass is 32.2. The van der Waals surface area contributed by atoms with Gasteiger partial charge in [-0.3, -0.25) is 4.79 Å². The fraction of sp³-hybridized carbons (Fsp3) is 0.727. The quantitative estimate of drug-likeness (QED) is 0.728.